The van der Waals surface area contributed by atoms with E-state index in [1.165, 1.54) is 0 Å². The zero-order chi connectivity index (χ0) is 32.1. The summed E-state index contributed by atoms with van der Waals surface area (Å²) < 4.78 is 34.3. The highest BCUT2D eigenvalue weighted by Crippen LogP contribution is 2.56. The number of benzene rings is 1. The maximum atomic E-state index is 10.3. The number of carboxylic acids is 1. The summed E-state index contributed by atoms with van der Waals surface area (Å²) in [6.07, 6.45) is 5.66. The minimum absolute atomic E-state index is 0.123. The van der Waals surface area contributed by atoms with Crippen LogP contribution in [-0.4, -0.2) is 109 Å². The predicted octanol–water partition coefficient (Wildman–Crippen LogP) is 2.95. The number of nitrogens with two attached hydrogens (primary N) is 1. The van der Waals surface area contributed by atoms with Crippen LogP contribution in [0.15, 0.2) is 61.1 Å². The number of aromatic nitrogens is 4. The lowest BCUT2D eigenvalue weighted by atomic mass is 10.1. The fourth-order valence-electron chi connectivity index (χ4n) is 4.42. The van der Waals surface area contributed by atoms with Crippen molar-refractivity contribution in [3.05, 3.63) is 61.1 Å². The Labute approximate surface area is 265 Å². The number of hydrogen-bond acceptors (Lipinski definition) is 13. The van der Waals surface area contributed by atoms with Crippen molar-refractivity contribution < 1.29 is 43.4 Å². The Bertz CT molecular complexity index is 1560. The zero-order valence-corrected chi connectivity index (χ0v) is 25.1. The van der Waals surface area contributed by atoms with E-state index in [9.17, 15) is 9.90 Å². The molecular weight excluding hydrogens is 600 g/mol. The van der Waals surface area contributed by atoms with Gasteiger partial charge in [0.2, 0.25) is 5.88 Å². The molecule has 3 aromatic heterocycles. The molecule has 0 spiro atoms. The lowest BCUT2D eigenvalue weighted by Gasteiger charge is -2.12. The number of para-hydroxylation sites is 1. The summed E-state index contributed by atoms with van der Waals surface area (Å²) in [5, 5.41) is 26.9. The molecule has 0 saturated heterocycles. The van der Waals surface area contributed by atoms with E-state index < -0.39 is 5.97 Å². The van der Waals surface area contributed by atoms with Crippen LogP contribution in [0.3, 0.4) is 0 Å². The number of rotatable bonds is 21. The summed E-state index contributed by atoms with van der Waals surface area (Å²) in [4.78, 5) is 16.6. The van der Waals surface area contributed by atoms with Gasteiger partial charge in [0.05, 0.1) is 87.9 Å². The second kappa shape index (κ2) is 16.5. The van der Waals surface area contributed by atoms with Gasteiger partial charge in [0.15, 0.2) is 5.82 Å². The van der Waals surface area contributed by atoms with Crippen molar-refractivity contribution in [1.82, 2.24) is 19.7 Å². The first-order valence-electron chi connectivity index (χ1n) is 14.6. The summed E-state index contributed by atoms with van der Waals surface area (Å²) >= 11 is 0. The average molecular weight is 637 g/mol. The number of phenolic OH excluding ortho intramolecular Hbond substituents is 1. The number of anilines is 4. The number of nitrogen functional groups attached to an aromatic ring is 1. The molecule has 15 nitrogen and oxygen atoms in total. The van der Waals surface area contributed by atoms with Crippen molar-refractivity contribution in [3.8, 4) is 28.6 Å². The number of nitrogens with zero attached hydrogens (tertiary/aromatic N) is 5. The summed E-state index contributed by atoms with van der Waals surface area (Å²) in [7, 11) is 0. The lowest BCUT2D eigenvalue weighted by molar-refractivity contribution is -0.142. The van der Waals surface area contributed by atoms with Gasteiger partial charge in [0.25, 0.3) is 0 Å². The van der Waals surface area contributed by atoms with Crippen LogP contribution in [-0.2, 0) is 28.5 Å². The number of fused-ring (bicyclic) bond motifs is 1. The van der Waals surface area contributed by atoms with Gasteiger partial charge in [-0.15, -0.1) is 10.2 Å². The van der Waals surface area contributed by atoms with Crippen molar-refractivity contribution in [2.45, 2.75) is 0 Å². The molecule has 15 heteroatoms. The van der Waals surface area contributed by atoms with E-state index in [0.717, 1.165) is 17.1 Å². The van der Waals surface area contributed by atoms with Gasteiger partial charge in [-0.1, -0.05) is 12.1 Å². The Morgan fingerprint density at radius 1 is 0.761 bits per heavy atom. The molecule has 0 radical (unpaired) electrons. The molecule has 1 aliphatic rings. The Hall–Kier alpha value is -4.80. The minimum Gasteiger partial charge on any atom is -0.507 e. The van der Waals surface area contributed by atoms with Crippen molar-refractivity contribution in [2.24, 2.45) is 0 Å². The molecule has 46 heavy (non-hydrogen) atoms. The molecule has 0 amide bonds. The Morgan fingerprint density at radius 3 is 2.00 bits per heavy atom. The van der Waals surface area contributed by atoms with Crippen LogP contribution in [0, 0.1) is 0 Å². The topological polar surface area (TPSA) is 186 Å². The second-order valence-electron chi connectivity index (χ2n) is 9.89. The molecule has 0 unspecified atom stereocenters. The first-order valence-corrected chi connectivity index (χ1v) is 14.6. The molecule has 4 N–H and O–H groups in total. The molecule has 0 saturated carbocycles. The molecule has 1 aliphatic heterocycles. The van der Waals surface area contributed by atoms with Gasteiger partial charge in [-0.05, 0) is 24.3 Å². The van der Waals surface area contributed by atoms with Crippen LogP contribution < -0.4 is 15.4 Å². The molecule has 0 atom stereocenters. The van der Waals surface area contributed by atoms with Gasteiger partial charge in [0, 0.05) is 30.2 Å². The molecule has 4 aromatic rings. The predicted molar refractivity (Wildman–Crippen MR) is 166 cm³/mol. The van der Waals surface area contributed by atoms with Crippen LogP contribution in [0.2, 0.25) is 0 Å². The number of carbonyl (C=O) groups is 1. The molecule has 0 fully saturated rings. The van der Waals surface area contributed by atoms with Gasteiger partial charge in [-0.25, -0.2) is 9.78 Å². The average Bonchev–Trinajstić information content (AvgIpc) is 3.53. The number of phenols is 1. The smallest absolute Gasteiger partial charge is 0.329 e. The van der Waals surface area contributed by atoms with Crippen molar-refractivity contribution in [2.75, 3.05) is 83.3 Å². The van der Waals surface area contributed by atoms with Crippen molar-refractivity contribution >= 4 is 28.8 Å². The van der Waals surface area contributed by atoms with Crippen LogP contribution in [0.25, 0.3) is 16.9 Å². The molecular formula is C31H36N6O9. The van der Waals surface area contributed by atoms with Gasteiger partial charge < -0.3 is 48.9 Å². The molecule has 0 aliphatic carbocycles. The Kier molecular flexibility index (Phi) is 11.7. The molecule has 244 valence electrons. The fraction of sp³-hybridized carbons (Fsp3) is 0.355. The summed E-state index contributed by atoms with van der Waals surface area (Å²) in [6.45, 7) is 3.47. The first kappa shape index (κ1) is 32.6. The quantitative estimate of drug-likeness (QED) is 0.0788. The largest absolute Gasteiger partial charge is 0.507 e. The highest BCUT2D eigenvalue weighted by Gasteiger charge is 2.35. The zero-order valence-electron chi connectivity index (χ0n) is 25.1. The summed E-state index contributed by atoms with van der Waals surface area (Å²) in [5.74, 6) is -0.105. The van der Waals surface area contributed by atoms with Gasteiger partial charge in [-0.3, -0.25) is 4.90 Å². The number of pyridine rings is 1. The third kappa shape index (κ3) is 9.12. The molecule has 0 bridgehead atoms. The van der Waals surface area contributed by atoms with E-state index in [2.05, 4.69) is 15.2 Å². The van der Waals surface area contributed by atoms with E-state index in [0.29, 0.717) is 88.1 Å². The number of hydrogen-bond donors (Lipinski definition) is 3. The number of aliphatic carboxylic acids is 1. The summed E-state index contributed by atoms with van der Waals surface area (Å²) in [5.41, 5.74) is 10.8. The molecule has 5 rings (SSSR count). The van der Waals surface area contributed by atoms with E-state index >= 15 is 0 Å². The van der Waals surface area contributed by atoms with E-state index in [4.69, 9.17) is 39.3 Å². The lowest BCUT2D eigenvalue weighted by Crippen LogP contribution is -2.15. The highest BCUT2D eigenvalue weighted by atomic mass is 16.6. The van der Waals surface area contributed by atoms with Crippen molar-refractivity contribution in [1.29, 1.82) is 0 Å². The summed E-state index contributed by atoms with van der Waals surface area (Å²) in [6, 6.07) is 12.5. The second-order valence-corrected chi connectivity index (χ2v) is 9.89. The molecule has 1 aromatic carbocycles. The van der Waals surface area contributed by atoms with Crippen molar-refractivity contribution in [3.63, 3.8) is 0 Å². The van der Waals surface area contributed by atoms with Crippen LogP contribution in [0.4, 0.5) is 22.9 Å². The monoisotopic (exact) mass is 636 g/mol. The van der Waals surface area contributed by atoms with Crippen LogP contribution >= 0.6 is 0 Å². The Morgan fingerprint density at radius 2 is 1.37 bits per heavy atom. The number of ether oxygens (including phenoxy) is 6. The standard InChI is InChI=1S/C31H36N6O9/c32-31-25(18-24(34-35-31)23-3-1-2-4-28(23)38)37-26-19-36(20-27(26)37)22-5-6-33-29(17-22)46-16-15-44-12-11-42-8-7-41-9-10-43-13-14-45-21-30(39)40/h1-6,17-20,38H,7-16,21H2,(H2,32,35)(H,39,40). The van der Waals surface area contributed by atoms with Crippen LogP contribution in [0.5, 0.6) is 11.6 Å². The minimum atomic E-state index is -1.00. The molecule has 4 heterocycles. The third-order valence-corrected chi connectivity index (χ3v) is 6.65. The van der Waals surface area contributed by atoms with E-state index in [1.54, 1.807) is 24.4 Å². The van der Waals surface area contributed by atoms with E-state index in [1.807, 2.05) is 46.1 Å². The Balaban J connectivity index is 0.954. The van der Waals surface area contributed by atoms with Gasteiger partial charge in [0.1, 0.15) is 19.0 Å². The third-order valence-electron chi connectivity index (χ3n) is 6.65. The number of carboxylic acid groups (broad SMARTS) is 1. The van der Waals surface area contributed by atoms with Gasteiger partial charge >= 0.3 is 5.97 Å². The first-order chi connectivity index (χ1) is 22.5. The number of aromatic hydroxyl groups is 1. The van der Waals surface area contributed by atoms with E-state index in [-0.39, 0.29) is 19.0 Å². The highest BCUT2D eigenvalue weighted by molar-refractivity contribution is 6.03. The van der Waals surface area contributed by atoms with Gasteiger partial charge in [-0.2, -0.15) is 0 Å². The van der Waals surface area contributed by atoms with Crippen LogP contribution in [0.1, 0.15) is 0 Å². The maximum Gasteiger partial charge on any atom is 0.329 e. The fourth-order valence-corrected chi connectivity index (χ4v) is 4.42. The maximum absolute atomic E-state index is 10.3. The SMILES string of the molecule is Nc1nnc(-c2ccccc2O)cc1N1c2cn(-c3ccnc(OCCOCCOCCOCCOCCOCC(=O)O)c3)cc21. The normalized spacial score (nSPS) is 11.9.